The van der Waals surface area contributed by atoms with Gasteiger partial charge in [0.1, 0.15) is 5.75 Å². The molecule has 20 heavy (non-hydrogen) atoms. The zero-order valence-electron chi connectivity index (χ0n) is 10.4. The van der Waals surface area contributed by atoms with Gasteiger partial charge in [0.15, 0.2) is 0 Å². The van der Waals surface area contributed by atoms with Crippen molar-refractivity contribution in [3.05, 3.63) is 55.0 Å². The quantitative estimate of drug-likeness (QED) is 0.649. The Morgan fingerprint density at radius 3 is 2.75 bits per heavy atom. The minimum Gasteiger partial charge on any atom is -0.497 e. The fraction of sp³-hybridized carbons (Fsp3) is 0.0714. The van der Waals surface area contributed by atoms with Crippen molar-refractivity contribution in [2.75, 3.05) is 12.4 Å². The van der Waals surface area contributed by atoms with Gasteiger partial charge in [-0.15, -0.1) is 0 Å². The zero-order chi connectivity index (χ0) is 14.7. The lowest BCUT2D eigenvalue weighted by Gasteiger charge is -2.09. The molecule has 2 aromatic carbocycles. The summed E-state index contributed by atoms with van der Waals surface area (Å²) in [5.41, 5.74) is 1.19. The van der Waals surface area contributed by atoms with Crippen LogP contribution in [0.25, 0.3) is 0 Å². The highest BCUT2D eigenvalue weighted by atomic mass is 127. The first-order valence-corrected chi connectivity index (χ1v) is 7.85. The lowest BCUT2D eigenvalue weighted by molar-refractivity contribution is 0.102. The average molecular weight is 467 g/mol. The smallest absolute Gasteiger partial charge is 0.256 e. The second kappa shape index (κ2) is 6.78. The number of benzene rings is 2. The van der Waals surface area contributed by atoms with Crippen LogP contribution in [0.5, 0.6) is 5.75 Å². The molecule has 0 aliphatic heterocycles. The number of hydrogen-bond donors (Lipinski definition) is 1. The molecule has 0 saturated heterocycles. The number of halogens is 3. The molecule has 0 spiro atoms. The maximum Gasteiger partial charge on any atom is 0.256 e. The molecule has 3 nitrogen and oxygen atoms in total. The first-order chi connectivity index (χ1) is 9.49. The number of amides is 1. The molecule has 0 heterocycles. The normalized spacial score (nSPS) is 10.2. The number of hydrogen-bond acceptors (Lipinski definition) is 2. The Labute approximate surface area is 143 Å². The van der Waals surface area contributed by atoms with Gasteiger partial charge in [-0.3, -0.25) is 4.79 Å². The summed E-state index contributed by atoms with van der Waals surface area (Å²) in [6.07, 6.45) is 0. The molecule has 0 aliphatic carbocycles. The third-order valence-electron chi connectivity index (χ3n) is 2.54. The average Bonchev–Trinajstić information content (AvgIpc) is 2.40. The van der Waals surface area contributed by atoms with Gasteiger partial charge in [0, 0.05) is 24.8 Å². The Balaban J connectivity index is 2.27. The number of carbonyl (C=O) groups is 1. The van der Waals surface area contributed by atoms with Gasteiger partial charge in [-0.25, -0.2) is 0 Å². The predicted molar refractivity (Wildman–Crippen MR) is 92.8 cm³/mol. The number of nitrogens with one attached hydrogen (secondary N) is 1. The summed E-state index contributed by atoms with van der Waals surface area (Å²) in [5.74, 6) is 0.451. The van der Waals surface area contributed by atoms with Crippen LogP contribution >= 0.6 is 50.1 Å². The maximum atomic E-state index is 12.3. The molecule has 2 aromatic rings. The van der Waals surface area contributed by atoms with Crippen LogP contribution in [-0.4, -0.2) is 13.0 Å². The molecule has 2 rings (SSSR count). The van der Waals surface area contributed by atoms with Crippen LogP contribution in [0.2, 0.25) is 5.02 Å². The van der Waals surface area contributed by atoms with Crippen molar-refractivity contribution >= 4 is 61.7 Å². The monoisotopic (exact) mass is 465 g/mol. The molecule has 0 aliphatic rings. The first-order valence-electron chi connectivity index (χ1n) is 5.60. The molecule has 0 radical (unpaired) electrons. The SMILES string of the molecule is COc1cc(Br)cc(NC(=O)c2cc(Cl)ccc2I)c1. The van der Waals surface area contributed by atoms with E-state index in [-0.39, 0.29) is 5.91 Å². The van der Waals surface area contributed by atoms with E-state index >= 15 is 0 Å². The van der Waals surface area contributed by atoms with E-state index in [0.717, 1.165) is 8.04 Å². The Bertz CT molecular complexity index is 664. The van der Waals surface area contributed by atoms with E-state index in [1.54, 1.807) is 37.4 Å². The highest BCUT2D eigenvalue weighted by molar-refractivity contribution is 14.1. The zero-order valence-corrected chi connectivity index (χ0v) is 14.9. The van der Waals surface area contributed by atoms with Gasteiger partial charge in [0.25, 0.3) is 5.91 Å². The van der Waals surface area contributed by atoms with Crippen molar-refractivity contribution in [1.29, 1.82) is 0 Å². The predicted octanol–water partition coefficient (Wildman–Crippen LogP) is 4.97. The Morgan fingerprint density at radius 2 is 2.05 bits per heavy atom. The Kier molecular flexibility index (Phi) is 5.29. The van der Waals surface area contributed by atoms with Crippen molar-refractivity contribution < 1.29 is 9.53 Å². The summed E-state index contributed by atoms with van der Waals surface area (Å²) in [5, 5.41) is 3.36. The summed E-state index contributed by atoms with van der Waals surface area (Å²) in [4.78, 5) is 12.3. The molecule has 1 amide bonds. The van der Waals surface area contributed by atoms with Crippen molar-refractivity contribution in [2.24, 2.45) is 0 Å². The van der Waals surface area contributed by atoms with Crippen LogP contribution in [-0.2, 0) is 0 Å². The lowest BCUT2D eigenvalue weighted by atomic mass is 10.2. The minimum absolute atomic E-state index is 0.211. The van der Waals surface area contributed by atoms with Gasteiger partial charge in [-0.1, -0.05) is 27.5 Å². The molecular weight excluding hydrogens is 456 g/mol. The van der Waals surface area contributed by atoms with Crippen LogP contribution in [0.15, 0.2) is 40.9 Å². The van der Waals surface area contributed by atoms with Gasteiger partial charge in [0.05, 0.1) is 12.7 Å². The summed E-state index contributed by atoms with van der Waals surface area (Å²) in [7, 11) is 1.58. The number of rotatable bonds is 3. The molecular formula is C14H10BrClINO2. The minimum atomic E-state index is -0.211. The van der Waals surface area contributed by atoms with Crippen LogP contribution in [0.4, 0.5) is 5.69 Å². The van der Waals surface area contributed by atoms with Gasteiger partial charge >= 0.3 is 0 Å². The number of carbonyl (C=O) groups excluding carboxylic acids is 1. The van der Waals surface area contributed by atoms with Crippen molar-refractivity contribution in [2.45, 2.75) is 0 Å². The van der Waals surface area contributed by atoms with Gasteiger partial charge in [-0.05, 0) is 52.9 Å². The molecule has 0 bridgehead atoms. The lowest BCUT2D eigenvalue weighted by Crippen LogP contribution is -2.13. The van der Waals surface area contributed by atoms with E-state index in [2.05, 4.69) is 43.8 Å². The van der Waals surface area contributed by atoms with E-state index in [1.807, 2.05) is 6.07 Å². The molecule has 0 saturated carbocycles. The van der Waals surface area contributed by atoms with E-state index in [4.69, 9.17) is 16.3 Å². The molecule has 0 unspecified atom stereocenters. The van der Waals surface area contributed by atoms with Crippen molar-refractivity contribution in [3.8, 4) is 5.75 Å². The summed E-state index contributed by atoms with van der Waals surface area (Å²) >= 11 is 11.4. The van der Waals surface area contributed by atoms with Crippen molar-refractivity contribution in [1.82, 2.24) is 0 Å². The molecule has 0 aromatic heterocycles. The van der Waals surface area contributed by atoms with Crippen molar-refractivity contribution in [3.63, 3.8) is 0 Å². The highest BCUT2D eigenvalue weighted by Gasteiger charge is 2.11. The Hall–Kier alpha value is -0.790. The highest BCUT2D eigenvalue weighted by Crippen LogP contribution is 2.25. The second-order valence-electron chi connectivity index (χ2n) is 3.96. The standard InChI is InChI=1S/C14H10BrClINO2/c1-20-11-5-8(15)4-10(7-11)18-14(19)12-6-9(16)2-3-13(12)17/h2-7H,1H3,(H,18,19). The van der Waals surface area contributed by atoms with Gasteiger partial charge in [-0.2, -0.15) is 0 Å². The summed E-state index contributed by atoms with van der Waals surface area (Å²) in [6.45, 7) is 0. The third-order valence-corrected chi connectivity index (χ3v) is 4.17. The largest absolute Gasteiger partial charge is 0.497 e. The maximum absolute atomic E-state index is 12.3. The third kappa shape index (κ3) is 3.86. The van der Waals surface area contributed by atoms with Gasteiger partial charge < -0.3 is 10.1 Å². The number of methoxy groups -OCH3 is 1. The summed E-state index contributed by atoms with van der Waals surface area (Å²) in [6, 6.07) is 10.6. The van der Waals surface area contributed by atoms with Crippen LogP contribution in [0.1, 0.15) is 10.4 Å². The van der Waals surface area contributed by atoms with Crippen LogP contribution in [0, 0.1) is 3.57 Å². The fourth-order valence-corrected chi connectivity index (χ4v) is 2.85. The van der Waals surface area contributed by atoms with E-state index in [1.165, 1.54) is 0 Å². The summed E-state index contributed by atoms with van der Waals surface area (Å²) < 4.78 is 6.83. The molecule has 1 N–H and O–H groups in total. The molecule has 0 atom stereocenters. The van der Waals surface area contributed by atoms with Crippen LogP contribution < -0.4 is 10.1 Å². The number of ether oxygens (including phenoxy) is 1. The molecule has 104 valence electrons. The van der Waals surface area contributed by atoms with E-state index < -0.39 is 0 Å². The molecule has 0 fully saturated rings. The topological polar surface area (TPSA) is 38.3 Å². The first kappa shape index (κ1) is 15.6. The van der Waals surface area contributed by atoms with E-state index in [9.17, 15) is 4.79 Å². The number of anilines is 1. The molecule has 6 heteroatoms. The Morgan fingerprint density at radius 1 is 1.30 bits per heavy atom. The fourth-order valence-electron chi connectivity index (χ4n) is 1.62. The van der Waals surface area contributed by atoms with E-state index in [0.29, 0.717) is 22.0 Å². The van der Waals surface area contributed by atoms with Gasteiger partial charge in [0.2, 0.25) is 0 Å². The second-order valence-corrected chi connectivity index (χ2v) is 6.47. The van der Waals surface area contributed by atoms with Crippen LogP contribution in [0.3, 0.4) is 0 Å².